The summed E-state index contributed by atoms with van der Waals surface area (Å²) in [5.74, 6) is -0.613. The first-order chi connectivity index (χ1) is 13.0. The summed E-state index contributed by atoms with van der Waals surface area (Å²) in [5.41, 5.74) is 1.27. The molecule has 0 spiro atoms. The summed E-state index contributed by atoms with van der Waals surface area (Å²) in [7, 11) is 3.31. The number of hydrogen-bond donors (Lipinski definition) is 0. The highest BCUT2D eigenvalue weighted by atomic mass is 19.1. The van der Waals surface area contributed by atoms with E-state index < -0.39 is 5.82 Å². The Kier molecular flexibility index (Phi) is 5.78. The smallest absolute Gasteiger partial charge is 0.254 e. The molecule has 2 amide bonds. The Morgan fingerprint density at radius 1 is 1.11 bits per heavy atom. The molecule has 144 valence electrons. The molecule has 0 bridgehead atoms. The molecule has 6 nitrogen and oxygen atoms in total. The van der Waals surface area contributed by atoms with E-state index in [-0.39, 0.29) is 23.1 Å². The van der Waals surface area contributed by atoms with Crippen LogP contribution < -0.4 is 4.74 Å². The van der Waals surface area contributed by atoms with Gasteiger partial charge in [0.15, 0.2) is 11.6 Å². The Labute approximate surface area is 158 Å². The van der Waals surface area contributed by atoms with Gasteiger partial charge in [-0.1, -0.05) is 0 Å². The SMILES string of the molecule is COc1ccc(C(=O)N2CCCN(C(=O)Cc3ccn(C)c3)CC2)cc1F. The van der Waals surface area contributed by atoms with Crippen molar-refractivity contribution < 1.29 is 18.7 Å². The number of rotatable bonds is 4. The molecule has 0 N–H and O–H groups in total. The van der Waals surface area contributed by atoms with Crippen molar-refractivity contribution in [3.8, 4) is 5.75 Å². The van der Waals surface area contributed by atoms with E-state index >= 15 is 0 Å². The predicted molar refractivity (Wildman–Crippen MR) is 99.2 cm³/mol. The number of amides is 2. The lowest BCUT2D eigenvalue weighted by atomic mass is 10.1. The van der Waals surface area contributed by atoms with Gasteiger partial charge in [-0.3, -0.25) is 9.59 Å². The number of ether oxygens (including phenoxy) is 1. The maximum Gasteiger partial charge on any atom is 0.254 e. The summed E-state index contributed by atoms with van der Waals surface area (Å²) < 4.78 is 20.7. The van der Waals surface area contributed by atoms with Crippen molar-refractivity contribution in [2.24, 2.45) is 7.05 Å². The van der Waals surface area contributed by atoms with Gasteiger partial charge in [0.1, 0.15) is 0 Å². The molecule has 7 heteroatoms. The van der Waals surface area contributed by atoms with E-state index in [4.69, 9.17) is 4.74 Å². The Balaban J connectivity index is 1.61. The predicted octanol–water partition coefficient (Wildman–Crippen LogP) is 2.09. The van der Waals surface area contributed by atoms with Crippen LogP contribution in [0.1, 0.15) is 22.3 Å². The zero-order chi connectivity index (χ0) is 19.4. The lowest BCUT2D eigenvalue weighted by molar-refractivity contribution is -0.130. The fraction of sp³-hybridized carbons (Fsp3) is 0.400. The average molecular weight is 373 g/mol. The molecular formula is C20H24FN3O3. The van der Waals surface area contributed by atoms with E-state index in [1.807, 2.05) is 30.1 Å². The Morgan fingerprint density at radius 3 is 2.52 bits per heavy atom. The zero-order valence-corrected chi connectivity index (χ0v) is 15.7. The topological polar surface area (TPSA) is 54.8 Å². The van der Waals surface area contributed by atoms with Gasteiger partial charge in [0, 0.05) is 51.2 Å². The first kappa shape index (κ1) is 18.9. The van der Waals surface area contributed by atoms with Crippen LogP contribution in [0.25, 0.3) is 0 Å². The Bertz CT molecular complexity index is 834. The molecule has 1 aromatic heterocycles. The van der Waals surface area contributed by atoms with Crippen molar-refractivity contribution in [3.05, 3.63) is 53.6 Å². The number of aromatic nitrogens is 1. The Hall–Kier alpha value is -2.83. The third-order valence-corrected chi connectivity index (χ3v) is 4.78. The number of halogens is 1. The molecule has 27 heavy (non-hydrogen) atoms. The second-order valence-electron chi connectivity index (χ2n) is 6.74. The minimum atomic E-state index is -0.558. The van der Waals surface area contributed by atoms with Crippen molar-refractivity contribution in [2.75, 3.05) is 33.3 Å². The fourth-order valence-electron chi connectivity index (χ4n) is 3.30. The van der Waals surface area contributed by atoms with Crippen LogP contribution in [-0.4, -0.2) is 59.5 Å². The minimum Gasteiger partial charge on any atom is -0.494 e. The second kappa shape index (κ2) is 8.24. The summed E-state index contributed by atoms with van der Waals surface area (Å²) in [4.78, 5) is 28.7. The molecule has 0 radical (unpaired) electrons. The van der Waals surface area contributed by atoms with Gasteiger partial charge in [-0.15, -0.1) is 0 Å². The van der Waals surface area contributed by atoms with Crippen LogP contribution in [0.15, 0.2) is 36.7 Å². The summed E-state index contributed by atoms with van der Waals surface area (Å²) in [6.45, 7) is 2.08. The lowest BCUT2D eigenvalue weighted by Crippen LogP contribution is -2.38. The molecule has 1 saturated heterocycles. The molecule has 1 aromatic carbocycles. The van der Waals surface area contributed by atoms with E-state index in [0.717, 1.165) is 5.56 Å². The van der Waals surface area contributed by atoms with E-state index in [9.17, 15) is 14.0 Å². The molecule has 2 heterocycles. The molecule has 0 atom stereocenters. The lowest BCUT2D eigenvalue weighted by Gasteiger charge is -2.22. The molecule has 1 aliphatic heterocycles. The maximum absolute atomic E-state index is 13.9. The van der Waals surface area contributed by atoms with Crippen molar-refractivity contribution in [3.63, 3.8) is 0 Å². The largest absolute Gasteiger partial charge is 0.494 e. The van der Waals surface area contributed by atoms with Crippen LogP contribution >= 0.6 is 0 Å². The van der Waals surface area contributed by atoms with Gasteiger partial charge in [-0.2, -0.15) is 0 Å². The van der Waals surface area contributed by atoms with Gasteiger partial charge in [-0.25, -0.2) is 4.39 Å². The number of hydrogen-bond acceptors (Lipinski definition) is 3. The molecule has 2 aromatic rings. The highest BCUT2D eigenvalue weighted by Gasteiger charge is 2.23. The maximum atomic E-state index is 13.9. The van der Waals surface area contributed by atoms with Gasteiger partial charge in [-0.05, 0) is 36.2 Å². The van der Waals surface area contributed by atoms with Crippen LogP contribution in [0.2, 0.25) is 0 Å². The third kappa shape index (κ3) is 4.48. The van der Waals surface area contributed by atoms with E-state index in [2.05, 4.69) is 0 Å². The van der Waals surface area contributed by atoms with Crippen LogP contribution in [-0.2, 0) is 18.3 Å². The zero-order valence-electron chi connectivity index (χ0n) is 15.7. The minimum absolute atomic E-state index is 0.0611. The summed E-state index contributed by atoms with van der Waals surface area (Å²) in [6.07, 6.45) is 4.91. The molecule has 3 rings (SSSR count). The summed E-state index contributed by atoms with van der Waals surface area (Å²) >= 11 is 0. The quantitative estimate of drug-likeness (QED) is 0.825. The average Bonchev–Trinajstić information content (AvgIpc) is 2.92. The summed E-state index contributed by atoms with van der Waals surface area (Å²) in [5, 5.41) is 0. The van der Waals surface area contributed by atoms with Crippen LogP contribution in [0, 0.1) is 5.82 Å². The highest BCUT2D eigenvalue weighted by molar-refractivity contribution is 5.94. The number of nitrogens with zero attached hydrogens (tertiary/aromatic N) is 3. The van der Waals surface area contributed by atoms with Gasteiger partial charge < -0.3 is 19.1 Å². The van der Waals surface area contributed by atoms with Gasteiger partial charge in [0.2, 0.25) is 5.91 Å². The van der Waals surface area contributed by atoms with Crippen molar-refractivity contribution in [1.82, 2.24) is 14.4 Å². The van der Waals surface area contributed by atoms with Crippen molar-refractivity contribution in [2.45, 2.75) is 12.8 Å². The number of carbonyl (C=O) groups is 2. The number of methoxy groups -OCH3 is 1. The first-order valence-corrected chi connectivity index (χ1v) is 8.99. The Morgan fingerprint density at radius 2 is 1.85 bits per heavy atom. The third-order valence-electron chi connectivity index (χ3n) is 4.78. The second-order valence-corrected chi connectivity index (χ2v) is 6.74. The number of aryl methyl sites for hydroxylation is 1. The van der Waals surface area contributed by atoms with Crippen LogP contribution in [0.3, 0.4) is 0 Å². The normalized spacial score (nSPS) is 14.8. The van der Waals surface area contributed by atoms with Crippen LogP contribution in [0.5, 0.6) is 5.75 Å². The molecule has 0 aliphatic carbocycles. The van der Waals surface area contributed by atoms with Gasteiger partial charge in [0.25, 0.3) is 5.91 Å². The standard InChI is InChI=1S/C20H24FN3O3/c1-22-9-6-15(14-22)12-19(25)23-7-3-8-24(11-10-23)20(26)16-4-5-18(27-2)17(21)13-16/h4-6,9,13-14H,3,7-8,10-12H2,1-2H3. The van der Waals surface area contributed by atoms with Gasteiger partial charge in [0.05, 0.1) is 13.5 Å². The monoisotopic (exact) mass is 373 g/mol. The molecule has 0 saturated carbocycles. The number of benzene rings is 1. The highest BCUT2D eigenvalue weighted by Crippen LogP contribution is 2.19. The fourth-order valence-corrected chi connectivity index (χ4v) is 3.30. The molecule has 1 aliphatic rings. The first-order valence-electron chi connectivity index (χ1n) is 8.99. The number of carbonyl (C=O) groups excluding carboxylic acids is 2. The van der Waals surface area contributed by atoms with E-state index in [1.165, 1.54) is 19.2 Å². The van der Waals surface area contributed by atoms with Crippen molar-refractivity contribution in [1.29, 1.82) is 0 Å². The molecular weight excluding hydrogens is 349 g/mol. The van der Waals surface area contributed by atoms with Crippen molar-refractivity contribution >= 4 is 11.8 Å². The van der Waals surface area contributed by atoms with E-state index in [1.54, 1.807) is 15.9 Å². The van der Waals surface area contributed by atoms with Crippen LogP contribution in [0.4, 0.5) is 4.39 Å². The van der Waals surface area contributed by atoms with Gasteiger partial charge >= 0.3 is 0 Å². The summed E-state index contributed by atoms with van der Waals surface area (Å²) in [6, 6.07) is 6.15. The van der Waals surface area contributed by atoms with E-state index in [0.29, 0.717) is 39.0 Å². The molecule has 0 unspecified atom stereocenters. The molecule has 1 fully saturated rings.